The number of ether oxygens (including phenoxy) is 2. The van der Waals surface area contributed by atoms with Gasteiger partial charge in [0.15, 0.2) is 18.1 Å². The van der Waals surface area contributed by atoms with Gasteiger partial charge in [-0.05, 0) is 75.5 Å². The van der Waals surface area contributed by atoms with E-state index in [1.807, 2.05) is 17.9 Å². The van der Waals surface area contributed by atoms with Crippen molar-refractivity contribution < 1.29 is 19.1 Å². The number of likely N-dealkylation sites (tertiary alicyclic amines) is 2. The Kier molecular flexibility index (Phi) is 7.59. The minimum absolute atomic E-state index is 0.00113. The summed E-state index contributed by atoms with van der Waals surface area (Å²) in [6.45, 7) is 7.18. The van der Waals surface area contributed by atoms with Crippen LogP contribution >= 0.6 is 0 Å². The summed E-state index contributed by atoms with van der Waals surface area (Å²) in [5.74, 6) is 2.48. The molecule has 2 aliphatic heterocycles. The SMILES string of the molecule is CCOc1cc(C(=O)N2CCC(C)C3CCCCC32)ccc1OCC(=O)N1CCCCC1. The third-order valence-electron chi connectivity index (χ3n) is 7.55. The maximum absolute atomic E-state index is 13.5. The molecular formula is C26H38N2O4. The molecule has 1 aliphatic carbocycles. The Labute approximate surface area is 192 Å². The van der Waals surface area contributed by atoms with Crippen molar-refractivity contribution in [1.82, 2.24) is 9.80 Å². The molecule has 3 fully saturated rings. The summed E-state index contributed by atoms with van der Waals surface area (Å²) < 4.78 is 11.6. The van der Waals surface area contributed by atoms with Crippen LogP contribution < -0.4 is 9.47 Å². The molecule has 3 atom stereocenters. The van der Waals surface area contributed by atoms with Crippen molar-refractivity contribution in [2.24, 2.45) is 11.8 Å². The molecule has 2 heterocycles. The minimum atomic E-state index is 0.00113. The number of nitrogens with zero attached hydrogens (tertiary/aromatic N) is 2. The Hall–Kier alpha value is -2.24. The fourth-order valence-electron chi connectivity index (χ4n) is 5.73. The zero-order valence-electron chi connectivity index (χ0n) is 19.7. The molecule has 32 heavy (non-hydrogen) atoms. The first kappa shape index (κ1) is 22.9. The van der Waals surface area contributed by atoms with Crippen LogP contribution in [0.25, 0.3) is 0 Å². The monoisotopic (exact) mass is 442 g/mol. The number of carbonyl (C=O) groups excluding carboxylic acids is 2. The van der Waals surface area contributed by atoms with Crippen LogP contribution in [0, 0.1) is 11.8 Å². The van der Waals surface area contributed by atoms with E-state index in [1.54, 1.807) is 12.1 Å². The van der Waals surface area contributed by atoms with E-state index in [1.165, 1.54) is 25.7 Å². The first-order chi connectivity index (χ1) is 15.6. The predicted octanol–water partition coefficient (Wildman–Crippen LogP) is 4.52. The van der Waals surface area contributed by atoms with Gasteiger partial charge in [0.25, 0.3) is 11.8 Å². The summed E-state index contributed by atoms with van der Waals surface area (Å²) >= 11 is 0. The van der Waals surface area contributed by atoms with E-state index in [-0.39, 0.29) is 18.4 Å². The maximum Gasteiger partial charge on any atom is 0.260 e. The highest BCUT2D eigenvalue weighted by Gasteiger charge is 2.39. The van der Waals surface area contributed by atoms with E-state index in [0.717, 1.165) is 45.3 Å². The van der Waals surface area contributed by atoms with Gasteiger partial charge in [-0.1, -0.05) is 19.8 Å². The second-order valence-corrected chi connectivity index (χ2v) is 9.60. The van der Waals surface area contributed by atoms with Gasteiger partial charge in [-0.2, -0.15) is 0 Å². The molecule has 0 radical (unpaired) electrons. The number of piperidine rings is 2. The molecule has 176 valence electrons. The van der Waals surface area contributed by atoms with Gasteiger partial charge < -0.3 is 19.3 Å². The topological polar surface area (TPSA) is 59.1 Å². The summed E-state index contributed by atoms with van der Waals surface area (Å²) in [6.07, 6.45) is 9.21. The van der Waals surface area contributed by atoms with Gasteiger partial charge in [0, 0.05) is 31.2 Å². The average Bonchev–Trinajstić information content (AvgIpc) is 2.84. The first-order valence-corrected chi connectivity index (χ1v) is 12.6. The number of rotatable bonds is 6. The Morgan fingerprint density at radius 2 is 1.72 bits per heavy atom. The van der Waals surface area contributed by atoms with Crippen LogP contribution in [0.3, 0.4) is 0 Å². The van der Waals surface area contributed by atoms with Gasteiger partial charge >= 0.3 is 0 Å². The Morgan fingerprint density at radius 1 is 0.938 bits per heavy atom. The van der Waals surface area contributed by atoms with Crippen LogP contribution in [0.5, 0.6) is 11.5 Å². The largest absolute Gasteiger partial charge is 0.490 e. The summed E-state index contributed by atoms with van der Waals surface area (Å²) in [7, 11) is 0. The number of benzene rings is 1. The lowest BCUT2D eigenvalue weighted by Crippen LogP contribution is -2.52. The fraction of sp³-hybridized carbons (Fsp3) is 0.692. The summed E-state index contributed by atoms with van der Waals surface area (Å²) in [4.78, 5) is 29.9. The number of amides is 2. The molecule has 0 spiro atoms. The molecule has 1 saturated carbocycles. The molecule has 1 aromatic rings. The maximum atomic E-state index is 13.5. The number of hydrogen-bond donors (Lipinski definition) is 0. The third-order valence-corrected chi connectivity index (χ3v) is 7.55. The highest BCUT2D eigenvalue weighted by atomic mass is 16.5. The molecular weight excluding hydrogens is 404 g/mol. The van der Waals surface area contributed by atoms with E-state index >= 15 is 0 Å². The van der Waals surface area contributed by atoms with E-state index in [9.17, 15) is 9.59 Å². The molecule has 2 saturated heterocycles. The molecule has 3 aliphatic rings. The lowest BCUT2D eigenvalue weighted by Gasteiger charge is -2.47. The quantitative estimate of drug-likeness (QED) is 0.650. The standard InChI is InChI=1S/C26H38N2O4/c1-3-31-24-17-20(11-12-23(24)32-18-25(29)27-14-7-4-8-15-27)26(30)28-16-13-19(2)21-9-5-6-10-22(21)28/h11-12,17,19,21-22H,3-10,13-16,18H2,1-2H3. The number of fused-ring (bicyclic) bond motifs is 1. The smallest absolute Gasteiger partial charge is 0.260 e. The lowest BCUT2D eigenvalue weighted by molar-refractivity contribution is -0.134. The van der Waals surface area contributed by atoms with Crippen LogP contribution in [-0.4, -0.2) is 60.5 Å². The van der Waals surface area contributed by atoms with Gasteiger partial charge in [0.05, 0.1) is 6.61 Å². The molecule has 2 amide bonds. The van der Waals surface area contributed by atoms with Crippen LogP contribution in [-0.2, 0) is 4.79 Å². The second-order valence-electron chi connectivity index (χ2n) is 9.60. The van der Waals surface area contributed by atoms with Crippen molar-refractivity contribution in [1.29, 1.82) is 0 Å². The van der Waals surface area contributed by atoms with Crippen LogP contribution in [0.2, 0.25) is 0 Å². The van der Waals surface area contributed by atoms with Crippen LogP contribution in [0.1, 0.15) is 75.6 Å². The molecule has 3 unspecified atom stereocenters. The lowest BCUT2D eigenvalue weighted by atomic mass is 9.72. The van der Waals surface area contributed by atoms with Gasteiger partial charge in [0.1, 0.15) is 0 Å². The molecule has 6 heteroatoms. The summed E-state index contributed by atoms with van der Waals surface area (Å²) in [5, 5.41) is 0. The fourth-order valence-corrected chi connectivity index (χ4v) is 5.73. The van der Waals surface area contributed by atoms with Crippen molar-refractivity contribution in [3.8, 4) is 11.5 Å². The molecule has 0 aromatic heterocycles. The van der Waals surface area contributed by atoms with Gasteiger partial charge in [0.2, 0.25) is 0 Å². The van der Waals surface area contributed by atoms with Crippen LogP contribution in [0.4, 0.5) is 0 Å². The molecule has 0 bridgehead atoms. The number of carbonyl (C=O) groups is 2. The highest BCUT2D eigenvalue weighted by Crippen LogP contribution is 2.40. The first-order valence-electron chi connectivity index (χ1n) is 12.6. The van der Waals surface area contributed by atoms with E-state index in [2.05, 4.69) is 11.8 Å². The normalized spacial score (nSPS) is 25.8. The predicted molar refractivity (Wildman–Crippen MR) is 124 cm³/mol. The zero-order valence-corrected chi connectivity index (χ0v) is 19.7. The van der Waals surface area contributed by atoms with Gasteiger partial charge in [-0.25, -0.2) is 0 Å². The van der Waals surface area contributed by atoms with Gasteiger partial charge in [-0.15, -0.1) is 0 Å². The second kappa shape index (κ2) is 10.6. The van der Waals surface area contributed by atoms with E-state index in [0.29, 0.717) is 41.5 Å². The van der Waals surface area contributed by atoms with E-state index < -0.39 is 0 Å². The molecule has 4 rings (SSSR count). The Morgan fingerprint density at radius 3 is 2.50 bits per heavy atom. The number of hydrogen-bond acceptors (Lipinski definition) is 4. The summed E-state index contributed by atoms with van der Waals surface area (Å²) in [5.41, 5.74) is 0.641. The molecule has 0 N–H and O–H groups in total. The van der Waals surface area contributed by atoms with E-state index in [4.69, 9.17) is 9.47 Å². The minimum Gasteiger partial charge on any atom is -0.490 e. The van der Waals surface area contributed by atoms with Gasteiger partial charge in [-0.3, -0.25) is 9.59 Å². The highest BCUT2D eigenvalue weighted by molar-refractivity contribution is 5.95. The van der Waals surface area contributed by atoms with Crippen LogP contribution in [0.15, 0.2) is 18.2 Å². The molecule has 1 aromatic carbocycles. The van der Waals surface area contributed by atoms with Crippen molar-refractivity contribution in [2.75, 3.05) is 32.8 Å². The Bertz CT molecular complexity index is 805. The Balaban J connectivity index is 1.45. The molecule has 6 nitrogen and oxygen atoms in total. The summed E-state index contributed by atoms with van der Waals surface area (Å²) in [6, 6.07) is 5.75. The average molecular weight is 443 g/mol. The van der Waals surface area contributed by atoms with Crippen molar-refractivity contribution in [2.45, 2.75) is 71.3 Å². The van der Waals surface area contributed by atoms with Crippen molar-refractivity contribution in [3.05, 3.63) is 23.8 Å². The van der Waals surface area contributed by atoms with Crippen molar-refractivity contribution >= 4 is 11.8 Å². The third kappa shape index (κ3) is 5.05. The zero-order chi connectivity index (χ0) is 22.5. The van der Waals surface area contributed by atoms with Crippen molar-refractivity contribution in [3.63, 3.8) is 0 Å².